The molecule has 0 aliphatic heterocycles. The number of esters is 3. The Balaban J connectivity index is 2.44. The molecule has 0 amide bonds. The van der Waals surface area contributed by atoms with Crippen LogP contribution >= 0.6 is 0 Å². The Labute approximate surface area is 154 Å². The molecular weight excluding hydrogens is 340 g/mol. The summed E-state index contributed by atoms with van der Waals surface area (Å²) in [5, 5.41) is 9.97. The summed E-state index contributed by atoms with van der Waals surface area (Å²) in [5.74, 6) is -2.70. The van der Waals surface area contributed by atoms with E-state index in [4.69, 9.17) is 14.2 Å². The molecule has 0 aromatic rings. The minimum absolute atomic E-state index is 0.261. The lowest BCUT2D eigenvalue weighted by Gasteiger charge is -2.22. The van der Waals surface area contributed by atoms with E-state index < -0.39 is 41.8 Å². The normalized spacial score (nSPS) is 17.4. The van der Waals surface area contributed by atoms with Crippen LogP contribution in [0.25, 0.3) is 0 Å². The van der Waals surface area contributed by atoms with E-state index in [1.54, 1.807) is 20.8 Å². The molecule has 1 fully saturated rings. The molecule has 0 aromatic heterocycles. The topological polar surface area (TPSA) is 99.1 Å². The molecule has 0 aromatic carbocycles. The van der Waals surface area contributed by atoms with Gasteiger partial charge in [-0.1, -0.05) is 25.8 Å². The third-order valence-corrected chi connectivity index (χ3v) is 3.89. The van der Waals surface area contributed by atoms with Crippen LogP contribution in [-0.4, -0.2) is 47.4 Å². The molecular formula is C19H30O7. The Morgan fingerprint density at radius 2 is 1.62 bits per heavy atom. The molecule has 7 heteroatoms. The van der Waals surface area contributed by atoms with Crippen molar-refractivity contribution in [2.24, 2.45) is 0 Å². The van der Waals surface area contributed by atoms with Crippen molar-refractivity contribution in [2.75, 3.05) is 6.61 Å². The molecule has 0 bridgehead atoms. The fraction of sp³-hybridized carbons (Fsp3) is 0.737. The first-order valence-electron chi connectivity index (χ1n) is 9.06. The quantitative estimate of drug-likeness (QED) is 0.435. The predicted molar refractivity (Wildman–Crippen MR) is 94.1 cm³/mol. The van der Waals surface area contributed by atoms with E-state index in [1.807, 2.05) is 0 Å². The van der Waals surface area contributed by atoms with E-state index in [0.717, 1.165) is 38.5 Å². The van der Waals surface area contributed by atoms with Gasteiger partial charge in [-0.2, -0.15) is 0 Å². The number of carbonyl (C=O) groups excluding carboxylic acids is 3. The first kappa shape index (κ1) is 22.2. The Bertz CT molecular complexity index is 510. The fourth-order valence-corrected chi connectivity index (χ4v) is 2.61. The van der Waals surface area contributed by atoms with Crippen LogP contribution in [0.4, 0.5) is 0 Å². The highest BCUT2D eigenvalue weighted by molar-refractivity contribution is 5.97. The number of ether oxygens (including phenoxy) is 3. The minimum Gasteiger partial charge on any atom is -0.460 e. The molecule has 1 aliphatic carbocycles. The predicted octanol–water partition coefficient (Wildman–Crippen LogP) is 2.44. The lowest BCUT2D eigenvalue weighted by Crippen LogP contribution is -2.33. The summed E-state index contributed by atoms with van der Waals surface area (Å²) in [4.78, 5) is 35.4. The van der Waals surface area contributed by atoms with Crippen LogP contribution in [0.3, 0.4) is 0 Å². The SMILES string of the molecule is C=C(C(=O)OCC(=O)OC(C)(C)C)C(O)C(=O)OC1CCCCCCC1. The van der Waals surface area contributed by atoms with Crippen LogP contribution in [0.1, 0.15) is 65.7 Å². The van der Waals surface area contributed by atoms with Crippen LogP contribution in [0.2, 0.25) is 0 Å². The molecule has 1 unspecified atom stereocenters. The first-order chi connectivity index (χ1) is 12.1. The molecule has 1 rings (SSSR count). The lowest BCUT2D eigenvalue weighted by molar-refractivity contribution is -0.166. The van der Waals surface area contributed by atoms with Crippen molar-refractivity contribution < 1.29 is 33.7 Å². The maximum atomic E-state index is 12.0. The highest BCUT2D eigenvalue weighted by atomic mass is 16.6. The Kier molecular flexibility index (Phi) is 8.78. The molecule has 148 valence electrons. The summed E-state index contributed by atoms with van der Waals surface area (Å²) in [6, 6.07) is 0. The zero-order chi connectivity index (χ0) is 19.7. The maximum absolute atomic E-state index is 12.0. The largest absolute Gasteiger partial charge is 0.460 e. The maximum Gasteiger partial charge on any atom is 0.344 e. The van der Waals surface area contributed by atoms with Gasteiger partial charge >= 0.3 is 17.9 Å². The molecule has 0 radical (unpaired) electrons. The van der Waals surface area contributed by atoms with Gasteiger partial charge in [-0.05, 0) is 46.5 Å². The highest BCUT2D eigenvalue weighted by Crippen LogP contribution is 2.20. The van der Waals surface area contributed by atoms with Gasteiger partial charge in [-0.15, -0.1) is 0 Å². The van der Waals surface area contributed by atoms with Gasteiger partial charge in [0.1, 0.15) is 11.7 Å². The monoisotopic (exact) mass is 370 g/mol. The standard InChI is InChI=1S/C19H30O7/c1-13(17(22)24-12-15(20)26-19(2,3)4)16(21)18(23)25-14-10-8-6-5-7-9-11-14/h14,16,21H,1,5-12H2,2-4H3. The Morgan fingerprint density at radius 1 is 1.08 bits per heavy atom. The molecule has 26 heavy (non-hydrogen) atoms. The number of rotatable bonds is 6. The molecule has 1 aliphatic rings. The van der Waals surface area contributed by atoms with Crippen LogP contribution in [0.5, 0.6) is 0 Å². The number of carbonyl (C=O) groups is 3. The minimum atomic E-state index is -1.81. The molecule has 1 atom stereocenters. The van der Waals surface area contributed by atoms with Gasteiger partial charge in [0.15, 0.2) is 12.7 Å². The van der Waals surface area contributed by atoms with Crippen molar-refractivity contribution in [3.63, 3.8) is 0 Å². The van der Waals surface area contributed by atoms with Crippen LogP contribution in [0, 0.1) is 0 Å². The summed E-state index contributed by atoms with van der Waals surface area (Å²) in [5.41, 5.74) is -1.18. The Hall–Kier alpha value is -1.89. The van der Waals surface area contributed by atoms with Crippen molar-refractivity contribution in [1.82, 2.24) is 0 Å². The number of hydrogen-bond donors (Lipinski definition) is 1. The molecule has 1 saturated carbocycles. The average Bonchev–Trinajstić information content (AvgIpc) is 2.51. The van der Waals surface area contributed by atoms with Crippen molar-refractivity contribution >= 4 is 17.9 Å². The van der Waals surface area contributed by atoms with Crippen molar-refractivity contribution in [3.05, 3.63) is 12.2 Å². The van der Waals surface area contributed by atoms with Gasteiger partial charge in [-0.3, -0.25) is 0 Å². The molecule has 7 nitrogen and oxygen atoms in total. The second kappa shape index (κ2) is 10.3. The Morgan fingerprint density at radius 3 is 2.15 bits per heavy atom. The van der Waals surface area contributed by atoms with E-state index in [1.165, 1.54) is 6.42 Å². The first-order valence-corrected chi connectivity index (χ1v) is 9.06. The number of aliphatic hydroxyl groups is 1. The van der Waals surface area contributed by atoms with E-state index in [2.05, 4.69) is 6.58 Å². The van der Waals surface area contributed by atoms with Crippen LogP contribution < -0.4 is 0 Å². The van der Waals surface area contributed by atoms with Gasteiger partial charge in [-0.25, -0.2) is 14.4 Å². The summed E-state index contributed by atoms with van der Waals surface area (Å²) in [7, 11) is 0. The van der Waals surface area contributed by atoms with Gasteiger partial charge in [0.25, 0.3) is 0 Å². The van der Waals surface area contributed by atoms with Gasteiger partial charge in [0, 0.05) is 0 Å². The van der Waals surface area contributed by atoms with Gasteiger partial charge in [0.2, 0.25) is 0 Å². The third kappa shape index (κ3) is 8.47. The van der Waals surface area contributed by atoms with E-state index >= 15 is 0 Å². The second-order valence-corrected chi connectivity index (χ2v) is 7.49. The van der Waals surface area contributed by atoms with E-state index in [-0.39, 0.29) is 6.10 Å². The van der Waals surface area contributed by atoms with Gasteiger partial charge in [0.05, 0.1) is 5.57 Å². The molecule has 0 spiro atoms. The van der Waals surface area contributed by atoms with Crippen LogP contribution in [0.15, 0.2) is 12.2 Å². The third-order valence-electron chi connectivity index (χ3n) is 3.89. The van der Waals surface area contributed by atoms with Crippen LogP contribution in [-0.2, 0) is 28.6 Å². The van der Waals surface area contributed by atoms with Crippen molar-refractivity contribution in [3.8, 4) is 0 Å². The highest BCUT2D eigenvalue weighted by Gasteiger charge is 2.29. The zero-order valence-electron chi connectivity index (χ0n) is 15.9. The fourth-order valence-electron chi connectivity index (χ4n) is 2.61. The number of hydrogen-bond acceptors (Lipinski definition) is 7. The lowest BCUT2D eigenvalue weighted by atomic mass is 9.98. The number of aliphatic hydroxyl groups excluding tert-OH is 1. The average molecular weight is 370 g/mol. The summed E-state index contributed by atoms with van der Waals surface area (Å²) < 4.78 is 15.0. The molecule has 0 heterocycles. The van der Waals surface area contributed by atoms with Crippen molar-refractivity contribution in [1.29, 1.82) is 0 Å². The zero-order valence-corrected chi connectivity index (χ0v) is 15.9. The molecule has 1 N–H and O–H groups in total. The second-order valence-electron chi connectivity index (χ2n) is 7.49. The smallest absolute Gasteiger partial charge is 0.344 e. The van der Waals surface area contributed by atoms with E-state index in [0.29, 0.717) is 0 Å². The van der Waals surface area contributed by atoms with Gasteiger partial charge < -0.3 is 19.3 Å². The summed E-state index contributed by atoms with van der Waals surface area (Å²) >= 11 is 0. The summed E-state index contributed by atoms with van der Waals surface area (Å²) in [6.45, 7) is 7.80. The molecule has 0 saturated heterocycles. The van der Waals surface area contributed by atoms with E-state index in [9.17, 15) is 19.5 Å². The summed E-state index contributed by atoms with van der Waals surface area (Å²) in [6.07, 6.45) is 4.72. The van der Waals surface area contributed by atoms with Crippen molar-refractivity contribution in [2.45, 2.75) is 83.5 Å².